The second-order valence-electron chi connectivity index (χ2n) is 6.24. The SMILES string of the molecule is CCOC(=O)c1ccc(N)c(NCC(C2CC2)C2CC2)c1. The number of hydrogen-bond donors (Lipinski definition) is 2. The molecule has 2 aliphatic carbocycles. The lowest BCUT2D eigenvalue weighted by Crippen LogP contribution is -2.19. The normalized spacial score (nSPS) is 17.8. The van der Waals surface area contributed by atoms with Crippen molar-refractivity contribution in [1.82, 2.24) is 0 Å². The topological polar surface area (TPSA) is 64.3 Å². The molecule has 0 aromatic heterocycles. The van der Waals surface area contributed by atoms with Crippen molar-refractivity contribution in [2.45, 2.75) is 32.6 Å². The van der Waals surface area contributed by atoms with Crippen LogP contribution in [0.25, 0.3) is 0 Å². The van der Waals surface area contributed by atoms with E-state index in [9.17, 15) is 4.79 Å². The minimum Gasteiger partial charge on any atom is -0.462 e. The highest BCUT2D eigenvalue weighted by atomic mass is 16.5. The summed E-state index contributed by atoms with van der Waals surface area (Å²) in [6, 6.07) is 5.31. The first-order valence-electron chi connectivity index (χ1n) is 7.99. The molecular formula is C17H24N2O2. The summed E-state index contributed by atoms with van der Waals surface area (Å²) in [5, 5.41) is 3.46. The smallest absolute Gasteiger partial charge is 0.338 e. The molecular weight excluding hydrogens is 264 g/mol. The van der Waals surface area contributed by atoms with E-state index in [0.717, 1.165) is 30.0 Å². The van der Waals surface area contributed by atoms with Gasteiger partial charge in [-0.1, -0.05) is 0 Å². The number of anilines is 2. The number of carbonyl (C=O) groups excluding carboxylic acids is 1. The fourth-order valence-corrected chi connectivity index (χ4v) is 3.05. The Morgan fingerprint density at radius 1 is 1.33 bits per heavy atom. The van der Waals surface area contributed by atoms with E-state index in [1.54, 1.807) is 12.1 Å². The number of benzene rings is 1. The lowest BCUT2D eigenvalue weighted by Gasteiger charge is -2.18. The van der Waals surface area contributed by atoms with E-state index < -0.39 is 0 Å². The van der Waals surface area contributed by atoms with Crippen molar-refractivity contribution in [2.24, 2.45) is 17.8 Å². The highest BCUT2D eigenvalue weighted by Crippen LogP contribution is 2.49. The van der Waals surface area contributed by atoms with Crippen molar-refractivity contribution in [1.29, 1.82) is 0 Å². The van der Waals surface area contributed by atoms with Crippen LogP contribution in [0, 0.1) is 17.8 Å². The summed E-state index contributed by atoms with van der Waals surface area (Å²) in [6.45, 7) is 3.16. The number of carbonyl (C=O) groups is 1. The Labute approximate surface area is 126 Å². The highest BCUT2D eigenvalue weighted by molar-refractivity contribution is 5.92. The summed E-state index contributed by atoms with van der Waals surface area (Å²) in [5.41, 5.74) is 8.12. The first-order valence-corrected chi connectivity index (χ1v) is 7.99. The Morgan fingerprint density at radius 3 is 2.57 bits per heavy atom. The van der Waals surface area contributed by atoms with Crippen LogP contribution in [0.2, 0.25) is 0 Å². The third kappa shape index (κ3) is 3.49. The van der Waals surface area contributed by atoms with Gasteiger partial charge in [-0.2, -0.15) is 0 Å². The minimum absolute atomic E-state index is 0.290. The van der Waals surface area contributed by atoms with Gasteiger partial charge in [0, 0.05) is 6.54 Å². The summed E-state index contributed by atoms with van der Waals surface area (Å²) >= 11 is 0. The van der Waals surface area contributed by atoms with Crippen molar-refractivity contribution in [3.8, 4) is 0 Å². The number of nitrogen functional groups attached to an aromatic ring is 1. The molecule has 2 fully saturated rings. The monoisotopic (exact) mass is 288 g/mol. The number of hydrogen-bond acceptors (Lipinski definition) is 4. The Bertz CT molecular complexity index is 510. The minimum atomic E-state index is -0.290. The average Bonchev–Trinajstić information content (AvgIpc) is 3.35. The lowest BCUT2D eigenvalue weighted by atomic mass is 9.98. The predicted molar refractivity (Wildman–Crippen MR) is 84.2 cm³/mol. The molecule has 1 aromatic rings. The maximum atomic E-state index is 11.8. The molecule has 4 heteroatoms. The van der Waals surface area contributed by atoms with Crippen LogP contribution in [0.3, 0.4) is 0 Å². The van der Waals surface area contributed by atoms with Crippen molar-refractivity contribution in [2.75, 3.05) is 24.2 Å². The third-order valence-corrected chi connectivity index (χ3v) is 4.55. The van der Waals surface area contributed by atoms with Crippen LogP contribution in [0.4, 0.5) is 11.4 Å². The second kappa shape index (κ2) is 5.96. The molecule has 2 saturated carbocycles. The molecule has 0 spiro atoms. The summed E-state index contributed by atoms with van der Waals surface area (Å²) < 4.78 is 5.04. The van der Waals surface area contributed by atoms with Crippen LogP contribution in [0.5, 0.6) is 0 Å². The molecule has 0 bridgehead atoms. The predicted octanol–water partition coefficient (Wildman–Crippen LogP) is 3.29. The highest BCUT2D eigenvalue weighted by Gasteiger charge is 2.41. The van der Waals surface area contributed by atoms with Gasteiger partial charge in [-0.15, -0.1) is 0 Å². The van der Waals surface area contributed by atoms with Crippen LogP contribution in [0.15, 0.2) is 18.2 Å². The largest absolute Gasteiger partial charge is 0.462 e. The third-order valence-electron chi connectivity index (χ3n) is 4.55. The zero-order valence-electron chi connectivity index (χ0n) is 12.6. The lowest BCUT2D eigenvalue weighted by molar-refractivity contribution is 0.0526. The summed E-state index contributed by atoms with van der Waals surface area (Å²) in [4.78, 5) is 11.8. The Hall–Kier alpha value is -1.71. The van der Waals surface area contributed by atoms with Crippen LogP contribution in [-0.4, -0.2) is 19.1 Å². The molecule has 0 atom stereocenters. The van der Waals surface area contributed by atoms with Gasteiger partial charge in [0.1, 0.15) is 0 Å². The number of esters is 1. The van der Waals surface area contributed by atoms with Crippen molar-refractivity contribution >= 4 is 17.3 Å². The van der Waals surface area contributed by atoms with Crippen LogP contribution in [0.1, 0.15) is 43.0 Å². The number of nitrogens with two attached hydrogens (primary N) is 1. The van der Waals surface area contributed by atoms with E-state index in [-0.39, 0.29) is 5.97 Å². The fraction of sp³-hybridized carbons (Fsp3) is 0.588. The van der Waals surface area contributed by atoms with Gasteiger partial charge >= 0.3 is 5.97 Å². The Kier molecular flexibility index (Phi) is 4.04. The molecule has 0 amide bonds. The molecule has 3 rings (SSSR count). The zero-order chi connectivity index (χ0) is 14.8. The van der Waals surface area contributed by atoms with E-state index in [4.69, 9.17) is 10.5 Å². The van der Waals surface area contributed by atoms with E-state index in [0.29, 0.717) is 17.9 Å². The van der Waals surface area contributed by atoms with Crippen LogP contribution in [-0.2, 0) is 4.74 Å². The van der Waals surface area contributed by atoms with Gasteiger partial charge in [-0.25, -0.2) is 4.79 Å². The van der Waals surface area contributed by atoms with Crippen LogP contribution < -0.4 is 11.1 Å². The molecule has 0 heterocycles. The molecule has 4 nitrogen and oxygen atoms in total. The van der Waals surface area contributed by atoms with Crippen molar-refractivity contribution < 1.29 is 9.53 Å². The molecule has 21 heavy (non-hydrogen) atoms. The molecule has 0 radical (unpaired) electrons. The quantitative estimate of drug-likeness (QED) is 0.597. The average molecular weight is 288 g/mol. The zero-order valence-corrected chi connectivity index (χ0v) is 12.6. The number of ether oxygens (including phenoxy) is 1. The maximum absolute atomic E-state index is 11.8. The van der Waals surface area contributed by atoms with Gasteiger partial charge in [-0.3, -0.25) is 0 Å². The van der Waals surface area contributed by atoms with Crippen LogP contribution >= 0.6 is 0 Å². The first-order chi connectivity index (χ1) is 10.2. The molecule has 0 saturated heterocycles. The van der Waals surface area contributed by atoms with E-state index >= 15 is 0 Å². The van der Waals surface area contributed by atoms with Crippen molar-refractivity contribution in [3.63, 3.8) is 0 Å². The molecule has 114 valence electrons. The maximum Gasteiger partial charge on any atom is 0.338 e. The van der Waals surface area contributed by atoms with Crippen molar-refractivity contribution in [3.05, 3.63) is 23.8 Å². The first kappa shape index (κ1) is 14.2. The standard InChI is InChI=1S/C17H24N2O2/c1-2-21-17(20)13-7-8-15(18)16(9-13)19-10-14(11-3-4-11)12-5-6-12/h7-9,11-12,14,19H,2-6,10,18H2,1H3. The summed E-state index contributed by atoms with van der Waals surface area (Å²) in [7, 11) is 0. The van der Waals surface area contributed by atoms with E-state index in [1.807, 2.05) is 13.0 Å². The number of rotatable bonds is 7. The molecule has 1 aromatic carbocycles. The fourth-order valence-electron chi connectivity index (χ4n) is 3.05. The second-order valence-corrected chi connectivity index (χ2v) is 6.24. The van der Waals surface area contributed by atoms with E-state index in [2.05, 4.69) is 5.32 Å². The van der Waals surface area contributed by atoms with Gasteiger partial charge in [0.15, 0.2) is 0 Å². The summed E-state index contributed by atoms with van der Waals surface area (Å²) in [5.74, 6) is 2.29. The molecule has 0 aliphatic heterocycles. The van der Waals surface area contributed by atoms with Gasteiger partial charge in [0.2, 0.25) is 0 Å². The summed E-state index contributed by atoms with van der Waals surface area (Å²) in [6.07, 6.45) is 5.50. The molecule has 3 N–H and O–H groups in total. The Morgan fingerprint density at radius 2 is 2.00 bits per heavy atom. The molecule has 0 unspecified atom stereocenters. The molecule has 2 aliphatic rings. The van der Waals surface area contributed by atoms with Gasteiger partial charge in [-0.05, 0) is 68.6 Å². The van der Waals surface area contributed by atoms with Gasteiger partial charge in [0.25, 0.3) is 0 Å². The van der Waals surface area contributed by atoms with E-state index in [1.165, 1.54) is 25.7 Å². The van der Waals surface area contributed by atoms with Gasteiger partial charge < -0.3 is 15.8 Å². The Balaban J connectivity index is 1.65. The van der Waals surface area contributed by atoms with Gasteiger partial charge in [0.05, 0.1) is 23.5 Å². The number of nitrogens with one attached hydrogen (secondary N) is 1.